The van der Waals surface area contributed by atoms with Crippen molar-refractivity contribution in [1.82, 2.24) is 0 Å². The standard InChI is InChI=1S/C16H25NO/c1-12-7-9-14(10-8-12)16(18)15(11-17)13-5-3-2-4-6-13/h2-6,12,14-16,18H,7-11,17H2,1H3. The second-order valence-electron chi connectivity index (χ2n) is 5.76. The molecule has 0 amide bonds. The molecule has 1 aliphatic carbocycles. The minimum atomic E-state index is -0.287. The van der Waals surface area contributed by atoms with Crippen LogP contribution in [-0.4, -0.2) is 17.8 Å². The normalized spacial score (nSPS) is 27.7. The summed E-state index contributed by atoms with van der Waals surface area (Å²) in [6.45, 7) is 2.83. The van der Waals surface area contributed by atoms with Crippen LogP contribution >= 0.6 is 0 Å². The first-order valence-electron chi connectivity index (χ1n) is 7.15. The van der Waals surface area contributed by atoms with Gasteiger partial charge in [0.2, 0.25) is 0 Å². The average molecular weight is 247 g/mol. The van der Waals surface area contributed by atoms with Crippen molar-refractivity contribution < 1.29 is 5.11 Å². The van der Waals surface area contributed by atoms with Crippen molar-refractivity contribution in [1.29, 1.82) is 0 Å². The molecule has 2 unspecified atom stereocenters. The molecule has 0 aliphatic heterocycles. The Bertz CT molecular complexity index is 343. The molecule has 100 valence electrons. The summed E-state index contributed by atoms with van der Waals surface area (Å²) < 4.78 is 0. The molecule has 0 saturated heterocycles. The van der Waals surface area contributed by atoms with E-state index in [0.717, 1.165) is 18.8 Å². The summed E-state index contributed by atoms with van der Waals surface area (Å²) in [7, 11) is 0. The number of rotatable bonds is 4. The first-order valence-corrected chi connectivity index (χ1v) is 7.15. The molecule has 0 heterocycles. The average Bonchev–Trinajstić information content (AvgIpc) is 2.41. The zero-order valence-electron chi connectivity index (χ0n) is 11.3. The lowest BCUT2D eigenvalue weighted by Crippen LogP contribution is -2.34. The van der Waals surface area contributed by atoms with E-state index in [1.807, 2.05) is 18.2 Å². The van der Waals surface area contributed by atoms with Gasteiger partial charge in [-0.05, 0) is 30.2 Å². The lowest BCUT2D eigenvalue weighted by atomic mass is 9.75. The SMILES string of the molecule is CC1CCC(C(O)C(CN)c2ccccc2)CC1. The maximum Gasteiger partial charge on any atom is 0.0648 e. The summed E-state index contributed by atoms with van der Waals surface area (Å²) in [6, 6.07) is 10.2. The van der Waals surface area contributed by atoms with E-state index in [1.165, 1.54) is 18.4 Å². The zero-order valence-corrected chi connectivity index (χ0v) is 11.3. The van der Waals surface area contributed by atoms with E-state index in [9.17, 15) is 5.11 Å². The van der Waals surface area contributed by atoms with Gasteiger partial charge in [-0.15, -0.1) is 0 Å². The van der Waals surface area contributed by atoms with Gasteiger partial charge in [-0.2, -0.15) is 0 Å². The lowest BCUT2D eigenvalue weighted by Gasteiger charge is -2.34. The Morgan fingerprint density at radius 2 is 1.78 bits per heavy atom. The third kappa shape index (κ3) is 3.12. The van der Waals surface area contributed by atoms with E-state index in [0.29, 0.717) is 12.5 Å². The van der Waals surface area contributed by atoms with E-state index in [2.05, 4.69) is 19.1 Å². The Morgan fingerprint density at radius 3 is 2.33 bits per heavy atom. The first-order chi connectivity index (χ1) is 8.72. The zero-order chi connectivity index (χ0) is 13.0. The highest BCUT2D eigenvalue weighted by Crippen LogP contribution is 2.35. The quantitative estimate of drug-likeness (QED) is 0.859. The summed E-state index contributed by atoms with van der Waals surface area (Å²) >= 11 is 0. The molecule has 3 N–H and O–H groups in total. The fraction of sp³-hybridized carbons (Fsp3) is 0.625. The number of benzene rings is 1. The third-order valence-corrected chi connectivity index (χ3v) is 4.44. The van der Waals surface area contributed by atoms with Crippen LogP contribution in [0.25, 0.3) is 0 Å². The van der Waals surface area contributed by atoms with Gasteiger partial charge in [0.25, 0.3) is 0 Å². The fourth-order valence-electron chi connectivity index (χ4n) is 3.13. The predicted molar refractivity (Wildman–Crippen MR) is 75.4 cm³/mol. The Kier molecular flexibility index (Phi) is 4.79. The fourth-order valence-corrected chi connectivity index (χ4v) is 3.13. The van der Waals surface area contributed by atoms with Gasteiger partial charge in [0.15, 0.2) is 0 Å². The maximum atomic E-state index is 10.6. The molecule has 0 bridgehead atoms. The van der Waals surface area contributed by atoms with Crippen molar-refractivity contribution in [2.45, 2.75) is 44.6 Å². The largest absolute Gasteiger partial charge is 0.392 e. The van der Waals surface area contributed by atoms with Gasteiger partial charge in [-0.3, -0.25) is 0 Å². The number of aliphatic hydroxyl groups excluding tert-OH is 1. The van der Waals surface area contributed by atoms with Gasteiger partial charge in [0.1, 0.15) is 0 Å². The molecule has 2 atom stereocenters. The van der Waals surface area contributed by atoms with Crippen LogP contribution in [0.1, 0.15) is 44.1 Å². The highest BCUT2D eigenvalue weighted by Gasteiger charge is 2.30. The third-order valence-electron chi connectivity index (χ3n) is 4.44. The van der Waals surface area contributed by atoms with Crippen LogP contribution in [0.15, 0.2) is 30.3 Å². The van der Waals surface area contributed by atoms with Crippen LogP contribution in [0.2, 0.25) is 0 Å². The van der Waals surface area contributed by atoms with Crippen LogP contribution < -0.4 is 5.73 Å². The molecule has 1 fully saturated rings. The van der Waals surface area contributed by atoms with Crippen molar-refractivity contribution in [2.24, 2.45) is 17.6 Å². The molecule has 1 aromatic rings. The van der Waals surface area contributed by atoms with Crippen molar-refractivity contribution >= 4 is 0 Å². The number of hydrogen-bond acceptors (Lipinski definition) is 2. The lowest BCUT2D eigenvalue weighted by molar-refractivity contribution is 0.0548. The molecule has 0 aromatic heterocycles. The van der Waals surface area contributed by atoms with Gasteiger partial charge in [-0.25, -0.2) is 0 Å². The second kappa shape index (κ2) is 6.35. The molecular formula is C16H25NO. The van der Waals surface area contributed by atoms with Gasteiger partial charge < -0.3 is 10.8 Å². The number of aliphatic hydroxyl groups is 1. The van der Waals surface area contributed by atoms with Crippen molar-refractivity contribution in [3.63, 3.8) is 0 Å². The summed E-state index contributed by atoms with van der Waals surface area (Å²) in [5, 5.41) is 10.6. The van der Waals surface area contributed by atoms with E-state index < -0.39 is 0 Å². The van der Waals surface area contributed by atoms with Crippen molar-refractivity contribution in [3.05, 3.63) is 35.9 Å². The molecule has 1 aromatic carbocycles. The molecule has 0 spiro atoms. The van der Waals surface area contributed by atoms with Crippen molar-refractivity contribution in [2.75, 3.05) is 6.54 Å². The summed E-state index contributed by atoms with van der Waals surface area (Å²) in [4.78, 5) is 0. The predicted octanol–water partition coefficient (Wildman–Crippen LogP) is 2.92. The van der Waals surface area contributed by atoms with Crippen LogP contribution in [-0.2, 0) is 0 Å². The van der Waals surface area contributed by atoms with Gasteiger partial charge in [0.05, 0.1) is 6.10 Å². The molecule has 2 heteroatoms. The highest BCUT2D eigenvalue weighted by molar-refractivity contribution is 5.21. The Balaban J connectivity index is 2.04. The van der Waals surface area contributed by atoms with Crippen LogP contribution in [0.4, 0.5) is 0 Å². The Hall–Kier alpha value is -0.860. The molecule has 18 heavy (non-hydrogen) atoms. The molecule has 1 saturated carbocycles. The molecular weight excluding hydrogens is 222 g/mol. The molecule has 2 rings (SSSR count). The summed E-state index contributed by atoms with van der Waals surface area (Å²) in [6.07, 6.45) is 4.49. The number of hydrogen-bond donors (Lipinski definition) is 2. The smallest absolute Gasteiger partial charge is 0.0648 e. The molecule has 1 aliphatic rings. The van der Waals surface area contributed by atoms with Gasteiger partial charge in [0, 0.05) is 12.5 Å². The van der Waals surface area contributed by atoms with Crippen LogP contribution in [0.3, 0.4) is 0 Å². The van der Waals surface area contributed by atoms with Crippen LogP contribution in [0, 0.1) is 11.8 Å². The van der Waals surface area contributed by atoms with Crippen LogP contribution in [0.5, 0.6) is 0 Å². The summed E-state index contributed by atoms with van der Waals surface area (Å²) in [5.74, 6) is 1.33. The monoisotopic (exact) mass is 247 g/mol. The highest BCUT2D eigenvalue weighted by atomic mass is 16.3. The molecule has 2 nitrogen and oxygen atoms in total. The summed E-state index contributed by atoms with van der Waals surface area (Å²) in [5.41, 5.74) is 7.05. The van der Waals surface area contributed by atoms with Gasteiger partial charge >= 0.3 is 0 Å². The van der Waals surface area contributed by atoms with E-state index >= 15 is 0 Å². The minimum Gasteiger partial charge on any atom is -0.392 e. The Labute approximate surface area is 110 Å². The Morgan fingerprint density at radius 1 is 1.17 bits per heavy atom. The second-order valence-corrected chi connectivity index (χ2v) is 5.76. The maximum absolute atomic E-state index is 10.6. The van der Waals surface area contributed by atoms with E-state index in [4.69, 9.17) is 5.73 Å². The minimum absolute atomic E-state index is 0.0876. The van der Waals surface area contributed by atoms with E-state index in [-0.39, 0.29) is 12.0 Å². The van der Waals surface area contributed by atoms with E-state index in [1.54, 1.807) is 0 Å². The molecule has 0 radical (unpaired) electrons. The van der Waals surface area contributed by atoms with Crippen molar-refractivity contribution in [3.8, 4) is 0 Å². The number of nitrogens with two attached hydrogens (primary N) is 1. The van der Waals surface area contributed by atoms with Gasteiger partial charge in [-0.1, -0.05) is 50.1 Å². The topological polar surface area (TPSA) is 46.2 Å². The first kappa shape index (κ1) is 13.6.